The van der Waals surface area contributed by atoms with Gasteiger partial charge in [0.25, 0.3) is 0 Å². The number of aliphatic hydroxyl groups excluding tert-OH is 1. The van der Waals surface area contributed by atoms with Crippen LogP contribution in [0.3, 0.4) is 0 Å². The van der Waals surface area contributed by atoms with E-state index in [9.17, 15) is 29.0 Å². The van der Waals surface area contributed by atoms with Gasteiger partial charge in [0.1, 0.15) is 12.7 Å². The van der Waals surface area contributed by atoms with E-state index in [1.807, 2.05) is 0 Å². The molecular formula is C10H9K2O8P. The van der Waals surface area contributed by atoms with Crippen LogP contribution >= 0.6 is 7.82 Å². The van der Waals surface area contributed by atoms with Crippen molar-refractivity contribution in [3.05, 3.63) is 35.4 Å². The molecule has 0 aliphatic carbocycles. The molecule has 8 nitrogen and oxygen atoms in total. The molecule has 1 unspecified atom stereocenters. The summed E-state index contributed by atoms with van der Waals surface area (Å²) in [6.07, 6.45) is -1.70. The molecule has 21 heavy (non-hydrogen) atoms. The summed E-state index contributed by atoms with van der Waals surface area (Å²) in [7, 11) is -5.28. The molecule has 0 fully saturated rings. The van der Waals surface area contributed by atoms with Gasteiger partial charge in [-0.2, -0.15) is 0 Å². The molecule has 0 saturated heterocycles. The summed E-state index contributed by atoms with van der Waals surface area (Å²) in [6.45, 7) is -1.08. The van der Waals surface area contributed by atoms with E-state index in [2.05, 4.69) is 4.52 Å². The molecule has 0 aliphatic rings. The summed E-state index contributed by atoms with van der Waals surface area (Å²) >= 11 is 0. The second kappa shape index (κ2) is 11.3. The Balaban J connectivity index is 0. The number of carboxylic acids is 1. The summed E-state index contributed by atoms with van der Waals surface area (Å²) in [5.41, 5.74) is 0.0218. The smallest absolute Gasteiger partial charge is 0.790 e. The van der Waals surface area contributed by atoms with Gasteiger partial charge >= 0.3 is 109 Å². The van der Waals surface area contributed by atoms with Gasteiger partial charge in [0, 0.05) is 0 Å². The summed E-state index contributed by atoms with van der Waals surface area (Å²) in [5, 5.41) is 18.2. The number of hydrogen-bond acceptors (Lipinski definition) is 7. The Morgan fingerprint density at radius 3 is 2.05 bits per heavy atom. The second-order valence-electron chi connectivity index (χ2n) is 3.52. The molecular weight excluding hydrogens is 357 g/mol. The molecule has 2 N–H and O–H groups in total. The number of phosphoric acid groups is 1. The van der Waals surface area contributed by atoms with E-state index in [-0.39, 0.29) is 114 Å². The fourth-order valence-electron chi connectivity index (χ4n) is 1.22. The number of aromatic carboxylic acids is 1. The van der Waals surface area contributed by atoms with Crippen LogP contribution in [-0.4, -0.2) is 28.6 Å². The van der Waals surface area contributed by atoms with E-state index in [0.717, 1.165) is 0 Å². The molecule has 11 heteroatoms. The molecule has 1 rings (SSSR count). The number of rotatable bonds is 6. The molecule has 104 valence electrons. The predicted octanol–water partition coefficient (Wildman–Crippen LogP) is -7.16. The van der Waals surface area contributed by atoms with Crippen LogP contribution in [0.1, 0.15) is 22.0 Å². The average molecular weight is 366 g/mol. The van der Waals surface area contributed by atoms with Crippen LogP contribution in [0.5, 0.6) is 0 Å². The first-order valence-electron chi connectivity index (χ1n) is 4.91. The number of aliphatic hydroxyl groups is 1. The number of benzene rings is 1. The minimum atomic E-state index is -5.28. The maximum absolute atomic E-state index is 11.3. The van der Waals surface area contributed by atoms with E-state index in [1.54, 1.807) is 0 Å². The maximum Gasteiger partial charge on any atom is 1.00 e. The third-order valence-corrected chi connectivity index (χ3v) is 2.59. The number of Topliss-reactive ketones (excluding diaryl/α,β-unsaturated/α-hetero) is 1. The Hall–Kier alpha value is 1.70. The third-order valence-electron chi connectivity index (χ3n) is 2.14. The van der Waals surface area contributed by atoms with Gasteiger partial charge in [0.05, 0.1) is 13.4 Å². The second-order valence-corrected chi connectivity index (χ2v) is 4.67. The van der Waals surface area contributed by atoms with Crippen LogP contribution < -0.4 is 113 Å². The van der Waals surface area contributed by atoms with Crippen LogP contribution in [0.2, 0.25) is 0 Å². The normalized spacial score (nSPS) is 11.8. The van der Waals surface area contributed by atoms with Gasteiger partial charge in [-0.25, -0.2) is 4.79 Å². The molecule has 0 bridgehead atoms. The number of carboxylic acid groups (broad SMARTS) is 1. The molecule has 0 saturated carbocycles. The van der Waals surface area contributed by atoms with E-state index in [4.69, 9.17) is 5.11 Å². The van der Waals surface area contributed by atoms with Crippen molar-refractivity contribution in [2.45, 2.75) is 6.10 Å². The monoisotopic (exact) mass is 366 g/mol. The van der Waals surface area contributed by atoms with Gasteiger partial charge in [-0.05, 0) is 17.7 Å². The van der Waals surface area contributed by atoms with Gasteiger partial charge in [-0.1, -0.05) is 12.1 Å². The molecule has 0 aromatic heterocycles. The van der Waals surface area contributed by atoms with Crippen molar-refractivity contribution in [3.63, 3.8) is 0 Å². The summed E-state index contributed by atoms with van der Waals surface area (Å²) < 4.78 is 13.9. The molecule has 0 aliphatic heterocycles. The minimum absolute atomic E-state index is 0. The Kier molecular flexibility index (Phi) is 13.4. The molecule has 0 heterocycles. The van der Waals surface area contributed by atoms with Crippen molar-refractivity contribution >= 4 is 19.6 Å². The van der Waals surface area contributed by atoms with Crippen LogP contribution in [-0.2, 0) is 13.9 Å². The number of hydrogen-bond donors (Lipinski definition) is 2. The first kappa shape index (κ1) is 24.9. The standard InChI is InChI=1S/C10H11O8P.2K/c11-8(5-18-19(15,16)17)9(12)6-1-3-7(4-2-6)10(13)14;;/h1-4,9,12H,5H2,(H,13,14)(H2,15,16,17);;/q;2*+1/p-2. The van der Waals surface area contributed by atoms with Crippen LogP contribution in [0.25, 0.3) is 0 Å². The fraction of sp³-hybridized carbons (Fsp3) is 0.200. The SMILES string of the molecule is O=C(O)c1ccc(C(O)C(=O)COP(=O)([O-])[O-])cc1.[K+].[K+]. The van der Waals surface area contributed by atoms with E-state index in [1.165, 1.54) is 24.3 Å². The Bertz CT molecular complexity index is 526. The van der Waals surface area contributed by atoms with E-state index >= 15 is 0 Å². The quantitative estimate of drug-likeness (QED) is 0.373. The van der Waals surface area contributed by atoms with Crippen molar-refractivity contribution in [3.8, 4) is 0 Å². The zero-order valence-corrected chi connectivity index (χ0v) is 18.5. The molecule has 1 atom stereocenters. The number of carbonyl (C=O) groups is 2. The first-order chi connectivity index (χ1) is 8.70. The third kappa shape index (κ3) is 9.55. The largest absolute Gasteiger partial charge is 1.00 e. The Labute approximate surface area is 205 Å². The topological polar surface area (TPSA) is 147 Å². The predicted molar refractivity (Wildman–Crippen MR) is 56.9 cm³/mol. The van der Waals surface area contributed by atoms with Crippen molar-refractivity contribution in [2.75, 3.05) is 6.61 Å². The average Bonchev–Trinajstić information content (AvgIpc) is 2.34. The maximum atomic E-state index is 11.3. The van der Waals surface area contributed by atoms with Crippen molar-refractivity contribution < 1.29 is 141 Å². The van der Waals surface area contributed by atoms with E-state index in [0.29, 0.717) is 0 Å². The van der Waals surface area contributed by atoms with Gasteiger partial charge in [-0.3, -0.25) is 4.79 Å². The van der Waals surface area contributed by atoms with Crippen LogP contribution in [0.15, 0.2) is 24.3 Å². The Morgan fingerprint density at radius 1 is 1.19 bits per heavy atom. The molecule has 1 aromatic rings. The minimum Gasteiger partial charge on any atom is -0.790 e. The Morgan fingerprint density at radius 2 is 1.67 bits per heavy atom. The molecule has 1 aromatic carbocycles. The van der Waals surface area contributed by atoms with Crippen LogP contribution in [0.4, 0.5) is 0 Å². The summed E-state index contributed by atoms with van der Waals surface area (Å²) in [4.78, 5) is 42.2. The zero-order chi connectivity index (χ0) is 14.6. The molecule has 0 spiro atoms. The number of phosphoric ester groups is 1. The van der Waals surface area contributed by atoms with Crippen molar-refractivity contribution in [1.29, 1.82) is 0 Å². The van der Waals surface area contributed by atoms with Crippen molar-refractivity contribution in [2.24, 2.45) is 0 Å². The van der Waals surface area contributed by atoms with Crippen LogP contribution in [0, 0.1) is 0 Å². The molecule has 0 radical (unpaired) electrons. The van der Waals surface area contributed by atoms with Crippen molar-refractivity contribution in [1.82, 2.24) is 0 Å². The summed E-state index contributed by atoms with van der Waals surface area (Å²) in [6, 6.07) is 4.72. The summed E-state index contributed by atoms with van der Waals surface area (Å²) in [5.74, 6) is -2.20. The van der Waals surface area contributed by atoms with Gasteiger partial charge < -0.3 is 29.1 Å². The van der Waals surface area contributed by atoms with Gasteiger partial charge in [0.2, 0.25) is 0 Å². The van der Waals surface area contributed by atoms with Gasteiger partial charge in [-0.15, -0.1) is 0 Å². The first-order valence-corrected chi connectivity index (χ1v) is 6.37. The number of ketones is 1. The zero-order valence-electron chi connectivity index (χ0n) is 11.4. The number of carbonyl (C=O) groups excluding carboxylic acids is 1. The van der Waals surface area contributed by atoms with Gasteiger partial charge in [0.15, 0.2) is 5.78 Å². The van der Waals surface area contributed by atoms with E-state index < -0.39 is 32.3 Å². The molecule has 0 amide bonds. The fourth-order valence-corrected chi connectivity index (χ4v) is 1.50.